The molecule has 0 spiro atoms. The van der Waals surface area contributed by atoms with Crippen LogP contribution in [-0.4, -0.2) is 19.2 Å². The van der Waals surface area contributed by atoms with Crippen molar-refractivity contribution in [3.8, 4) is 0 Å². The van der Waals surface area contributed by atoms with Crippen molar-refractivity contribution in [3.63, 3.8) is 0 Å². The molecule has 1 fully saturated rings. The minimum Gasteiger partial charge on any atom is -0.381 e. The first-order valence-corrected chi connectivity index (χ1v) is 6.91. The minimum atomic E-state index is -0.213. The molecule has 1 aliphatic heterocycles. The molecule has 0 bridgehead atoms. The average Bonchev–Trinajstić information content (AvgIpc) is 2.40. The number of benzene rings is 1. The molecule has 0 aliphatic carbocycles. The summed E-state index contributed by atoms with van der Waals surface area (Å²) in [6.07, 6.45) is 3.57. The third-order valence-electron chi connectivity index (χ3n) is 2.64. The van der Waals surface area contributed by atoms with Gasteiger partial charge in [0.15, 0.2) is 0 Å². The number of carbonyl (C=O) groups excluding carboxylic acids is 1. The standard InChI is InChI=1S/C13H15IN2O2/c14-11-1-3-12(4-2-11)16-13(17)15-9-10-5-7-18-8-6-10/h1-4,9H,5-8H2,(H2,15,16,17). The second-order valence-corrected chi connectivity index (χ2v) is 5.27. The molecule has 0 unspecified atom stereocenters. The highest BCUT2D eigenvalue weighted by Crippen LogP contribution is 2.12. The summed E-state index contributed by atoms with van der Waals surface area (Å²) in [7, 11) is 0. The third-order valence-corrected chi connectivity index (χ3v) is 3.36. The van der Waals surface area contributed by atoms with Crippen LogP contribution in [0.1, 0.15) is 12.8 Å². The number of hydrogen-bond donors (Lipinski definition) is 2. The third kappa shape index (κ3) is 4.30. The van der Waals surface area contributed by atoms with Crippen molar-refractivity contribution in [3.05, 3.63) is 39.6 Å². The van der Waals surface area contributed by atoms with Gasteiger partial charge in [-0.3, -0.25) is 0 Å². The predicted octanol–water partition coefficient (Wildman–Crippen LogP) is 3.11. The van der Waals surface area contributed by atoms with Crippen molar-refractivity contribution in [2.45, 2.75) is 12.8 Å². The lowest BCUT2D eigenvalue weighted by Crippen LogP contribution is -2.25. The molecule has 18 heavy (non-hydrogen) atoms. The van der Waals surface area contributed by atoms with E-state index in [0.29, 0.717) is 0 Å². The molecule has 0 saturated carbocycles. The summed E-state index contributed by atoms with van der Waals surface area (Å²) in [6, 6.07) is 7.45. The van der Waals surface area contributed by atoms with E-state index >= 15 is 0 Å². The highest BCUT2D eigenvalue weighted by molar-refractivity contribution is 14.1. The molecule has 0 atom stereocenters. The molecule has 1 aromatic carbocycles. The first-order valence-electron chi connectivity index (χ1n) is 5.83. The van der Waals surface area contributed by atoms with Crippen molar-refractivity contribution in [2.24, 2.45) is 0 Å². The Balaban J connectivity index is 1.83. The van der Waals surface area contributed by atoms with E-state index in [1.165, 1.54) is 5.57 Å². The van der Waals surface area contributed by atoms with Gasteiger partial charge in [0.05, 0.1) is 13.2 Å². The maximum Gasteiger partial charge on any atom is 0.323 e. The molecule has 1 aromatic rings. The van der Waals surface area contributed by atoms with Gasteiger partial charge in [-0.25, -0.2) is 4.79 Å². The molecular formula is C13H15IN2O2. The van der Waals surface area contributed by atoms with Crippen molar-refractivity contribution < 1.29 is 9.53 Å². The molecule has 1 aliphatic rings. The normalized spacial score (nSPS) is 15.1. The van der Waals surface area contributed by atoms with Crippen LogP contribution in [-0.2, 0) is 4.74 Å². The molecule has 4 nitrogen and oxygen atoms in total. The van der Waals surface area contributed by atoms with E-state index in [4.69, 9.17) is 4.74 Å². The fourth-order valence-electron chi connectivity index (χ4n) is 1.65. The smallest absolute Gasteiger partial charge is 0.323 e. The first-order chi connectivity index (χ1) is 8.74. The van der Waals surface area contributed by atoms with Crippen molar-refractivity contribution in [2.75, 3.05) is 18.5 Å². The van der Waals surface area contributed by atoms with Gasteiger partial charge >= 0.3 is 6.03 Å². The van der Waals surface area contributed by atoms with E-state index in [-0.39, 0.29) is 6.03 Å². The Hall–Kier alpha value is -1.08. The highest BCUT2D eigenvalue weighted by Gasteiger charge is 2.06. The second-order valence-electron chi connectivity index (χ2n) is 4.02. The summed E-state index contributed by atoms with van der Waals surface area (Å²) in [4.78, 5) is 11.6. The molecule has 2 rings (SSSR count). The molecule has 1 saturated heterocycles. The second kappa shape index (κ2) is 6.75. The summed E-state index contributed by atoms with van der Waals surface area (Å²) in [6.45, 7) is 1.48. The number of nitrogens with one attached hydrogen (secondary N) is 2. The first kappa shape index (κ1) is 13.4. The Labute approximate surface area is 120 Å². The van der Waals surface area contributed by atoms with Crippen LogP contribution >= 0.6 is 22.6 Å². The summed E-state index contributed by atoms with van der Waals surface area (Å²) in [5.41, 5.74) is 2.01. The van der Waals surface area contributed by atoms with Crippen LogP contribution in [0.3, 0.4) is 0 Å². The number of hydrogen-bond acceptors (Lipinski definition) is 2. The van der Waals surface area contributed by atoms with Crippen LogP contribution in [0.5, 0.6) is 0 Å². The molecule has 1 heterocycles. The lowest BCUT2D eigenvalue weighted by molar-refractivity contribution is 0.119. The van der Waals surface area contributed by atoms with Crippen LogP contribution in [0, 0.1) is 3.57 Å². The SMILES string of the molecule is O=C(NC=C1CCOCC1)Nc1ccc(I)cc1. The fraction of sp³-hybridized carbons (Fsp3) is 0.308. The minimum absolute atomic E-state index is 0.213. The monoisotopic (exact) mass is 358 g/mol. The maximum atomic E-state index is 11.6. The van der Waals surface area contributed by atoms with Gasteiger partial charge in [-0.2, -0.15) is 0 Å². The van der Waals surface area contributed by atoms with E-state index in [1.54, 1.807) is 6.20 Å². The number of urea groups is 1. The van der Waals surface area contributed by atoms with Gasteiger partial charge in [0.1, 0.15) is 0 Å². The Morgan fingerprint density at radius 1 is 1.22 bits per heavy atom. The number of carbonyl (C=O) groups is 1. The van der Waals surface area contributed by atoms with Gasteiger partial charge in [0.25, 0.3) is 0 Å². The van der Waals surface area contributed by atoms with Gasteiger partial charge in [-0.05, 0) is 65.3 Å². The van der Waals surface area contributed by atoms with Crippen molar-refractivity contribution >= 4 is 34.3 Å². The van der Waals surface area contributed by atoms with E-state index in [0.717, 1.165) is 35.3 Å². The summed E-state index contributed by atoms with van der Waals surface area (Å²) in [5, 5.41) is 5.53. The maximum absolute atomic E-state index is 11.6. The van der Waals surface area contributed by atoms with E-state index in [9.17, 15) is 4.79 Å². The lowest BCUT2D eigenvalue weighted by Gasteiger charge is -2.14. The average molecular weight is 358 g/mol. The number of anilines is 1. The van der Waals surface area contributed by atoms with E-state index in [2.05, 4.69) is 33.2 Å². The van der Waals surface area contributed by atoms with Crippen molar-refractivity contribution in [1.82, 2.24) is 5.32 Å². The van der Waals surface area contributed by atoms with Crippen LogP contribution < -0.4 is 10.6 Å². The van der Waals surface area contributed by atoms with Gasteiger partial charge in [0, 0.05) is 15.5 Å². The van der Waals surface area contributed by atoms with E-state index < -0.39 is 0 Å². The van der Waals surface area contributed by atoms with E-state index in [1.807, 2.05) is 24.3 Å². The van der Waals surface area contributed by atoms with Gasteiger partial charge in [-0.1, -0.05) is 0 Å². The number of halogens is 1. The highest BCUT2D eigenvalue weighted by atomic mass is 127. The summed E-state index contributed by atoms with van der Waals surface area (Å²) < 4.78 is 6.39. The molecule has 0 radical (unpaired) electrons. The molecule has 2 amide bonds. The zero-order valence-electron chi connectivity index (χ0n) is 9.91. The number of rotatable bonds is 2. The predicted molar refractivity (Wildman–Crippen MR) is 79.4 cm³/mol. The Morgan fingerprint density at radius 3 is 2.56 bits per heavy atom. The summed E-state index contributed by atoms with van der Waals surface area (Å²) >= 11 is 2.23. The van der Waals surface area contributed by atoms with Crippen molar-refractivity contribution in [1.29, 1.82) is 0 Å². The van der Waals surface area contributed by atoms with Gasteiger partial charge in [0.2, 0.25) is 0 Å². The molecule has 5 heteroatoms. The van der Waals surface area contributed by atoms with Gasteiger partial charge in [-0.15, -0.1) is 0 Å². The zero-order chi connectivity index (χ0) is 12.8. The van der Waals surface area contributed by atoms with Crippen LogP contribution in [0.4, 0.5) is 10.5 Å². The number of amides is 2. The largest absolute Gasteiger partial charge is 0.381 e. The molecule has 96 valence electrons. The van der Waals surface area contributed by atoms with Crippen LogP contribution in [0.25, 0.3) is 0 Å². The topological polar surface area (TPSA) is 50.4 Å². The molecule has 2 N–H and O–H groups in total. The molecule has 0 aromatic heterocycles. The molecular weight excluding hydrogens is 343 g/mol. The van der Waals surface area contributed by atoms with Crippen LogP contribution in [0.15, 0.2) is 36.0 Å². The Morgan fingerprint density at radius 2 is 1.89 bits per heavy atom. The van der Waals surface area contributed by atoms with Crippen LogP contribution in [0.2, 0.25) is 0 Å². The number of ether oxygens (including phenoxy) is 1. The Bertz CT molecular complexity index is 435. The zero-order valence-corrected chi connectivity index (χ0v) is 12.1. The fourth-order valence-corrected chi connectivity index (χ4v) is 2.01. The summed E-state index contributed by atoms with van der Waals surface area (Å²) in [5.74, 6) is 0. The lowest BCUT2D eigenvalue weighted by atomic mass is 10.1. The van der Waals surface area contributed by atoms with Gasteiger partial charge < -0.3 is 15.4 Å². The quantitative estimate of drug-likeness (QED) is 0.799. The Kier molecular flexibility index (Phi) is 5.00.